The molecule has 0 unspecified atom stereocenters. The van der Waals surface area contributed by atoms with E-state index in [2.05, 4.69) is 5.32 Å². The zero-order valence-corrected chi connectivity index (χ0v) is 16.2. The summed E-state index contributed by atoms with van der Waals surface area (Å²) in [5.41, 5.74) is 1.17. The van der Waals surface area contributed by atoms with E-state index >= 15 is 0 Å². The summed E-state index contributed by atoms with van der Waals surface area (Å²) < 4.78 is 0. The van der Waals surface area contributed by atoms with Crippen molar-refractivity contribution in [3.8, 4) is 0 Å². The average Bonchev–Trinajstić information content (AvgIpc) is 2.88. The maximum absolute atomic E-state index is 12.3. The molecule has 136 valence electrons. The molecule has 5 rings (SSSR count). The summed E-state index contributed by atoms with van der Waals surface area (Å²) in [6, 6.07) is 1.95. The highest BCUT2D eigenvalue weighted by molar-refractivity contribution is 7.12. The molecule has 0 atom stereocenters. The molecule has 1 aromatic heterocycles. The lowest BCUT2D eigenvalue weighted by molar-refractivity contribution is -0.123. The van der Waals surface area contributed by atoms with Crippen LogP contribution in [0.5, 0.6) is 0 Å². The summed E-state index contributed by atoms with van der Waals surface area (Å²) in [6.45, 7) is 4.84. The minimum Gasteiger partial charge on any atom is -0.356 e. The maximum atomic E-state index is 12.3. The molecule has 0 aliphatic heterocycles. The molecular formula is C21H29NO2S. The van der Waals surface area contributed by atoms with Crippen molar-refractivity contribution in [3.05, 3.63) is 21.4 Å². The van der Waals surface area contributed by atoms with Gasteiger partial charge in [-0.2, -0.15) is 0 Å². The number of nitrogens with one attached hydrogen (secondary N) is 1. The van der Waals surface area contributed by atoms with Crippen molar-refractivity contribution in [2.45, 2.75) is 65.2 Å². The van der Waals surface area contributed by atoms with Crippen LogP contribution in [0.3, 0.4) is 0 Å². The third kappa shape index (κ3) is 3.55. The number of thiophene rings is 1. The molecular weight excluding hydrogens is 330 g/mol. The summed E-state index contributed by atoms with van der Waals surface area (Å²) in [4.78, 5) is 26.9. The van der Waals surface area contributed by atoms with Crippen LogP contribution < -0.4 is 5.32 Å². The number of hydrogen-bond acceptors (Lipinski definition) is 3. The van der Waals surface area contributed by atoms with Crippen LogP contribution >= 0.6 is 11.3 Å². The standard InChI is InChI=1S/C21H29NO2S/c1-13-5-18(14(2)25-13)19(23)3-4-20(24)22-12-21-9-15-6-16(10-21)8-17(7-15)11-21/h5,15-17H,3-4,6-12H2,1-2H3,(H,22,24). The normalized spacial score (nSPS) is 32.8. The topological polar surface area (TPSA) is 46.2 Å². The molecule has 4 heteroatoms. The van der Waals surface area contributed by atoms with E-state index < -0.39 is 0 Å². The van der Waals surface area contributed by atoms with Gasteiger partial charge in [-0.15, -0.1) is 11.3 Å². The van der Waals surface area contributed by atoms with Crippen molar-refractivity contribution in [2.24, 2.45) is 23.2 Å². The van der Waals surface area contributed by atoms with Crippen LogP contribution in [0, 0.1) is 37.0 Å². The van der Waals surface area contributed by atoms with Crippen molar-refractivity contribution in [1.29, 1.82) is 0 Å². The number of rotatable bonds is 6. The minimum absolute atomic E-state index is 0.0497. The van der Waals surface area contributed by atoms with Gasteiger partial charge in [-0.1, -0.05) is 0 Å². The fraction of sp³-hybridized carbons (Fsp3) is 0.714. The van der Waals surface area contributed by atoms with Crippen LogP contribution in [-0.2, 0) is 4.79 Å². The van der Waals surface area contributed by atoms with Crippen LogP contribution in [0.15, 0.2) is 6.07 Å². The molecule has 4 bridgehead atoms. The Labute approximate surface area is 154 Å². The lowest BCUT2D eigenvalue weighted by Gasteiger charge is -2.56. The molecule has 1 heterocycles. The van der Waals surface area contributed by atoms with Gasteiger partial charge in [0.2, 0.25) is 5.91 Å². The Hall–Kier alpha value is -1.16. The number of ketones is 1. The number of hydrogen-bond donors (Lipinski definition) is 1. The highest BCUT2D eigenvalue weighted by atomic mass is 32.1. The van der Waals surface area contributed by atoms with Crippen LogP contribution in [-0.4, -0.2) is 18.2 Å². The zero-order chi connectivity index (χ0) is 17.6. The Morgan fingerprint density at radius 3 is 2.20 bits per heavy atom. The van der Waals surface area contributed by atoms with Crippen LogP contribution in [0.25, 0.3) is 0 Å². The SMILES string of the molecule is Cc1cc(C(=O)CCC(=O)NCC23CC4CC(CC(C4)C2)C3)c(C)s1. The maximum Gasteiger partial charge on any atom is 0.220 e. The van der Waals surface area contributed by atoms with Gasteiger partial charge in [-0.25, -0.2) is 0 Å². The van der Waals surface area contributed by atoms with Crippen LogP contribution in [0.1, 0.15) is 71.5 Å². The number of carbonyl (C=O) groups is 2. The van der Waals surface area contributed by atoms with E-state index in [1.165, 1.54) is 38.5 Å². The monoisotopic (exact) mass is 359 g/mol. The van der Waals surface area contributed by atoms with Gasteiger partial charge in [0.25, 0.3) is 0 Å². The largest absolute Gasteiger partial charge is 0.356 e. The van der Waals surface area contributed by atoms with Crippen molar-refractivity contribution >= 4 is 23.0 Å². The first-order valence-electron chi connectivity index (χ1n) is 9.79. The fourth-order valence-electron chi connectivity index (χ4n) is 6.15. The zero-order valence-electron chi connectivity index (χ0n) is 15.4. The lowest BCUT2D eigenvalue weighted by Crippen LogP contribution is -2.51. The second-order valence-corrected chi connectivity index (χ2v) is 10.4. The van der Waals surface area contributed by atoms with Gasteiger partial charge in [0, 0.05) is 34.7 Å². The van der Waals surface area contributed by atoms with Gasteiger partial charge in [-0.3, -0.25) is 9.59 Å². The highest BCUT2D eigenvalue weighted by Crippen LogP contribution is 2.59. The molecule has 1 amide bonds. The summed E-state index contributed by atoms with van der Waals surface area (Å²) >= 11 is 1.65. The highest BCUT2D eigenvalue weighted by Gasteiger charge is 2.50. The molecule has 25 heavy (non-hydrogen) atoms. The van der Waals surface area contributed by atoms with Crippen molar-refractivity contribution < 1.29 is 9.59 Å². The van der Waals surface area contributed by atoms with Crippen LogP contribution in [0.4, 0.5) is 0 Å². The third-order valence-corrected chi connectivity index (χ3v) is 7.71. The van der Waals surface area contributed by atoms with Gasteiger partial charge in [0.05, 0.1) is 0 Å². The molecule has 0 saturated heterocycles. The van der Waals surface area contributed by atoms with E-state index in [0.717, 1.165) is 39.6 Å². The molecule has 4 aliphatic carbocycles. The smallest absolute Gasteiger partial charge is 0.220 e. The molecule has 0 radical (unpaired) electrons. The second kappa shape index (κ2) is 6.53. The van der Waals surface area contributed by atoms with Gasteiger partial charge in [0.15, 0.2) is 5.78 Å². The first kappa shape index (κ1) is 17.3. The van der Waals surface area contributed by atoms with Crippen molar-refractivity contribution in [3.63, 3.8) is 0 Å². The Morgan fingerprint density at radius 1 is 1.08 bits per heavy atom. The lowest BCUT2D eigenvalue weighted by atomic mass is 9.49. The molecule has 4 saturated carbocycles. The van der Waals surface area contributed by atoms with E-state index in [9.17, 15) is 9.59 Å². The Kier molecular flexibility index (Phi) is 4.51. The first-order valence-corrected chi connectivity index (χ1v) is 10.6. The summed E-state index contributed by atoms with van der Waals surface area (Å²) in [7, 11) is 0. The molecule has 4 fully saturated rings. The summed E-state index contributed by atoms with van der Waals surface area (Å²) in [5, 5.41) is 3.18. The molecule has 0 aromatic carbocycles. The summed E-state index contributed by atoms with van der Waals surface area (Å²) in [5.74, 6) is 2.89. The van der Waals surface area contributed by atoms with Crippen molar-refractivity contribution in [1.82, 2.24) is 5.32 Å². The quantitative estimate of drug-likeness (QED) is 0.751. The van der Waals surface area contributed by atoms with E-state index in [1.807, 2.05) is 19.9 Å². The number of carbonyl (C=O) groups excluding carboxylic acids is 2. The number of amides is 1. The van der Waals surface area contributed by atoms with Gasteiger partial charge >= 0.3 is 0 Å². The Morgan fingerprint density at radius 2 is 1.68 bits per heavy atom. The first-order chi connectivity index (χ1) is 11.9. The van der Waals surface area contributed by atoms with Gasteiger partial charge in [-0.05, 0) is 81.6 Å². The second-order valence-electron chi connectivity index (χ2n) is 8.94. The number of Topliss-reactive ketones (excluding diaryl/α,β-unsaturated/α-hetero) is 1. The molecule has 1 aromatic rings. The summed E-state index contributed by atoms with van der Waals surface area (Å²) in [6.07, 6.45) is 8.87. The van der Waals surface area contributed by atoms with E-state index in [0.29, 0.717) is 18.3 Å². The predicted molar refractivity (Wildman–Crippen MR) is 101 cm³/mol. The predicted octanol–water partition coefficient (Wildman–Crippen LogP) is 4.66. The Balaban J connectivity index is 1.27. The van der Waals surface area contributed by atoms with E-state index in [1.54, 1.807) is 11.3 Å². The minimum atomic E-state index is 0.0497. The molecule has 3 nitrogen and oxygen atoms in total. The van der Waals surface area contributed by atoms with E-state index in [-0.39, 0.29) is 11.7 Å². The third-order valence-electron chi connectivity index (χ3n) is 6.75. The van der Waals surface area contributed by atoms with Crippen LogP contribution in [0.2, 0.25) is 0 Å². The van der Waals surface area contributed by atoms with E-state index in [4.69, 9.17) is 0 Å². The average molecular weight is 360 g/mol. The fourth-order valence-corrected chi connectivity index (χ4v) is 7.09. The molecule has 4 aliphatic rings. The molecule has 1 N–H and O–H groups in total. The van der Waals surface area contributed by atoms with Gasteiger partial charge < -0.3 is 5.32 Å². The van der Waals surface area contributed by atoms with Gasteiger partial charge in [0.1, 0.15) is 0 Å². The number of aryl methyl sites for hydroxylation is 2. The Bertz CT molecular complexity index is 655. The molecule has 0 spiro atoms. The van der Waals surface area contributed by atoms with Crippen molar-refractivity contribution in [2.75, 3.05) is 6.54 Å².